The lowest BCUT2D eigenvalue weighted by Crippen LogP contribution is -2.33. The number of nitrogen functional groups attached to an aromatic ring is 1. The molecule has 0 bridgehead atoms. The number of aromatic nitrogens is 5. The topological polar surface area (TPSA) is 239 Å². The second kappa shape index (κ2) is 10.8. The molecule has 1 saturated heterocycles. The Hall–Kier alpha value is -4.16. The van der Waals surface area contributed by atoms with Gasteiger partial charge in [-0.05, 0) is 25.3 Å². The van der Waals surface area contributed by atoms with E-state index in [-0.39, 0.29) is 30.6 Å². The molecule has 3 aromatic heterocycles. The standard InChI is InChI=1S/C23H26N8O6/c24-14(23(35)36)4-3-11(1-2-12-5-13(20(26)34)8-27-7-12)6-15-17(32)18(33)22(37-15)31-10-30-16-19(25)28-9-29-21(16)31/h5,7-11,14-15,17-18,22,32-33H,3-4,6,24H2,(H2,26,34)(H,35,36)(H2,25,28,29)/t11-,14-,15+,17+,18+,22+/m0/s1. The third kappa shape index (κ3) is 5.65. The predicted molar refractivity (Wildman–Crippen MR) is 128 cm³/mol. The summed E-state index contributed by atoms with van der Waals surface area (Å²) in [6, 6.07) is 0.389. The van der Waals surface area contributed by atoms with Gasteiger partial charge in [-0.15, -0.1) is 0 Å². The number of carboxylic acid groups (broad SMARTS) is 1. The number of aliphatic hydroxyl groups excluding tert-OH is 2. The van der Waals surface area contributed by atoms with Gasteiger partial charge >= 0.3 is 5.97 Å². The molecule has 3 aromatic rings. The molecule has 1 aliphatic heterocycles. The second-order valence-electron chi connectivity index (χ2n) is 8.68. The summed E-state index contributed by atoms with van der Waals surface area (Å²) in [4.78, 5) is 38.8. The first kappa shape index (κ1) is 25.9. The minimum Gasteiger partial charge on any atom is -0.480 e. The number of nitrogens with zero attached hydrogens (tertiary/aromatic N) is 5. The predicted octanol–water partition coefficient (Wildman–Crippen LogP) is -1.23. The van der Waals surface area contributed by atoms with Crippen LogP contribution >= 0.6 is 0 Å². The van der Waals surface area contributed by atoms with Crippen molar-refractivity contribution in [2.24, 2.45) is 17.4 Å². The van der Waals surface area contributed by atoms with Crippen molar-refractivity contribution >= 4 is 28.9 Å². The average molecular weight is 511 g/mol. The summed E-state index contributed by atoms with van der Waals surface area (Å²) >= 11 is 0. The molecule has 194 valence electrons. The fourth-order valence-electron chi connectivity index (χ4n) is 4.07. The third-order valence-electron chi connectivity index (χ3n) is 6.10. The molecule has 1 fully saturated rings. The number of anilines is 1. The fourth-order valence-corrected chi connectivity index (χ4v) is 4.07. The number of hydrogen-bond acceptors (Lipinski definition) is 11. The Morgan fingerprint density at radius 1 is 1.16 bits per heavy atom. The van der Waals surface area contributed by atoms with Gasteiger partial charge in [0, 0.05) is 23.9 Å². The van der Waals surface area contributed by atoms with E-state index in [1.54, 1.807) is 0 Å². The SMILES string of the molecule is NC(=O)c1cncc(C#C[C@@H](CC[C@H](N)C(=O)O)C[C@H]2O[C@@H](n3cnc4c(N)ncnc43)[C@H](O)[C@@H]2O)c1. The number of imidazole rings is 1. The molecule has 14 heteroatoms. The van der Waals surface area contributed by atoms with E-state index in [1.165, 1.54) is 35.7 Å². The number of ether oxygens (including phenoxy) is 1. The van der Waals surface area contributed by atoms with E-state index in [4.69, 9.17) is 27.0 Å². The highest BCUT2D eigenvalue weighted by Gasteiger charge is 2.44. The van der Waals surface area contributed by atoms with Crippen molar-refractivity contribution in [3.63, 3.8) is 0 Å². The molecule has 37 heavy (non-hydrogen) atoms. The Bertz CT molecular complexity index is 1370. The number of aliphatic carboxylic acids is 1. The number of aliphatic hydroxyl groups is 2. The quantitative estimate of drug-likeness (QED) is 0.195. The van der Waals surface area contributed by atoms with Gasteiger partial charge in [-0.25, -0.2) is 15.0 Å². The molecule has 0 aromatic carbocycles. The molecule has 1 aliphatic rings. The summed E-state index contributed by atoms with van der Waals surface area (Å²) < 4.78 is 7.46. The largest absolute Gasteiger partial charge is 0.480 e. The van der Waals surface area contributed by atoms with Crippen LogP contribution in [0.4, 0.5) is 5.82 Å². The molecule has 9 N–H and O–H groups in total. The molecule has 0 radical (unpaired) electrons. The average Bonchev–Trinajstić information content (AvgIpc) is 3.42. The Morgan fingerprint density at radius 2 is 1.95 bits per heavy atom. The molecule has 0 aliphatic carbocycles. The monoisotopic (exact) mass is 510 g/mol. The maximum Gasteiger partial charge on any atom is 0.320 e. The van der Waals surface area contributed by atoms with Crippen LogP contribution in [-0.2, 0) is 9.53 Å². The first-order chi connectivity index (χ1) is 17.7. The van der Waals surface area contributed by atoms with Gasteiger partial charge in [0.25, 0.3) is 0 Å². The number of primary amides is 1. The Labute approximate surface area is 210 Å². The molecule has 0 spiro atoms. The van der Waals surface area contributed by atoms with Crippen molar-refractivity contribution in [1.29, 1.82) is 0 Å². The molecule has 0 unspecified atom stereocenters. The van der Waals surface area contributed by atoms with Crippen LogP contribution in [-0.4, -0.2) is 76.1 Å². The van der Waals surface area contributed by atoms with Crippen LogP contribution in [0.3, 0.4) is 0 Å². The zero-order valence-corrected chi connectivity index (χ0v) is 19.5. The lowest BCUT2D eigenvalue weighted by molar-refractivity contribution is -0.138. The third-order valence-corrected chi connectivity index (χ3v) is 6.10. The highest BCUT2D eigenvalue weighted by atomic mass is 16.6. The molecule has 1 amide bonds. The summed E-state index contributed by atoms with van der Waals surface area (Å²) in [5, 5.41) is 30.6. The Morgan fingerprint density at radius 3 is 2.68 bits per heavy atom. The Kier molecular flexibility index (Phi) is 7.60. The number of pyridine rings is 1. The summed E-state index contributed by atoms with van der Waals surface area (Å²) in [5.74, 6) is 3.81. The van der Waals surface area contributed by atoms with E-state index < -0.39 is 48.4 Å². The summed E-state index contributed by atoms with van der Waals surface area (Å²) in [5.41, 5.74) is 18.1. The molecule has 4 heterocycles. The zero-order valence-electron chi connectivity index (χ0n) is 19.5. The van der Waals surface area contributed by atoms with Crippen LogP contribution in [0.5, 0.6) is 0 Å². The van der Waals surface area contributed by atoms with Gasteiger partial charge in [0.15, 0.2) is 17.7 Å². The van der Waals surface area contributed by atoms with Crippen molar-refractivity contribution in [2.75, 3.05) is 5.73 Å². The second-order valence-corrected chi connectivity index (χ2v) is 8.68. The minimum absolute atomic E-state index is 0.116. The van der Waals surface area contributed by atoms with Gasteiger partial charge in [-0.3, -0.25) is 19.1 Å². The fraction of sp³-hybridized carbons (Fsp3) is 0.391. The zero-order chi connectivity index (χ0) is 26.7. The van der Waals surface area contributed by atoms with Gasteiger partial charge in [0.1, 0.15) is 30.1 Å². The number of nitrogens with two attached hydrogens (primary N) is 3. The molecule has 0 saturated carbocycles. The van der Waals surface area contributed by atoms with Crippen LogP contribution in [0.25, 0.3) is 11.2 Å². The molecular weight excluding hydrogens is 484 g/mol. The lowest BCUT2D eigenvalue weighted by Gasteiger charge is -2.19. The highest BCUT2D eigenvalue weighted by molar-refractivity contribution is 5.92. The minimum atomic E-state index is -1.31. The first-order valence-corrected chi connectivity index (χ1v) is 11.3. The summed E-state index contributed by atoms with van der Waals surface area (Å²) in [6.07, 6.45) is 1.50. The van der Waals surface area contributed by atoms with Gasteiger partial charge in [-0.1, -0.05) is 11.8 Å². The summed E-state index contributed by atoms with van der Waals surface area (Å²) in [6.45, 7) is 0. The van der Waals surface area contributed by atoms with Crippen LogP contribution in [0.15, 0.2) is 31.1 Å². The van der Waals surface area contributed by atoms with Gasteiger partial charge < -0.3 is 37.3 Å². The van der Waals surface area contributed by atoms with E-state index in [0.29, 0.717) is 16.7 Å². The lowest BCUT2D eigenvalue weighted by atomic mass is 9.92. The molecular formula is C23H26N8O6. The summed E-state index contributed by atoms with van der Waals surface area (Å²) in [7, 11) is 0. The first-order valence-electron chi connectivity index (χ1n) is 11.3. The van der Waals surface area contributed by atoms with Crippen molar-refractivity contribution in [2.45, 2.75) is 49.8 Å². The molecule has 6 atom stereocenters. The molecule has 14 nitrogen and oxygen atoms in total. The van der Waals surface area contributed by atoms with E-state index >= 15 is 0 Å². The van der Waals surface area contributed by atoms with E-state index in [1.807, 2.05) is 0 Å². The van der Waals surface area contributed by atoms with Crippen LogP contribution in [0, 0.1) is 17.8 Å². The van der Waals surface area contributed by atoms with Crippen LogP contribution in [0.1, 0.15) is 41.4 Å². The van der Waals surface area contributed by atoms with Crippen LogP contribution in [0.2, 0.25) is 0 Å². The van der Waals surface area contributed by atoms with Crippen molar-refractivity contribution < 1.29 is 29.6 Å². The van der Waals surface area contributed by atoms with E-state index in [2.05, 4.69) is 31.8 Å². The normalized spacial score (nSPS) is 22.8. The Balaban J connectivity index is 1.56. The number of carbonyl (C=O) groups is 2. The van der Waals surface area contributed by atoms with E-state index in [9.17, 15) is 19.8 Å². The highest BCUT2D eigenvalue weighted by Crippen LogP contribution is 2.35. The maximum atomic E-state index is 11.4. The smallest absolute Gasteiger partial charge is 0.320 e. The van der Waals surface area contributed by atoms with Crippen molar-refractivity contribution in [1.82, 2.24) is 24.5 Å². The molecule has 4 rings (SSSR count). The van der Waals surface area contributed by atoms with Crippen LogP contribution < -0.4 is 17.2 Å². The van der Waals surface area contributed by atoms with Gasteiger partial charge in [0.05, 0.1) is 18.0 Å². The number of amides is 1. The number of carboxylic acids is 1. The van der Waals surface area contributed by atoms with Gasteiger partial charge in [0.2, 0.25) is 5.91 Å². The van der Waals surface area contributed by atoms with Crippen molar-refractivity contribution in [3.05, 3.63) is 42.2 Å². The number of rotatable bonds is 8. The van der Waals surface area contributed by atoms with E-state index in [0.717, 1.165) is 0 Å². The van der Waals surface area contributed by atoms with Crippen molar-refractivity contribution in [3.8, 4) is 11.8 Å². The van der Waals surface area contributed by atoms with Gasteiger partial charge in [-0.2, -0.15) is 0 Å². The number of carbonyl (C=O) groups excluding carboxylic acids is 1. The number of fused-ring (bicyclic) bond motifs is 1. The maximum absolute atomic E-state index is 11.4. The number of hydrogen-bond donors (Lipinski definition) is 6.